The summed E-state index contributed by atoms with van der Waals surface area (Å²) in [4.78, 5) is 0.318. The topological polar surface area (TPSA) is 30.5 Å². The summed E-state index contributed by atoms with van der Waals surface area (Å²) in [6, 6.07) is 0. The van der Waals surface area contributed by atoms with Gasteiger partial charge in [0.1, 0.15) is 0 Å². The van der Waals surface area contributed by atoms with E-state index in [1.165, 1.54) is 25.8 Å². The summed E-state index contributed by atoms with van der Waals surface area (Å²) >= 11 is 2.13. The first-order chi connectivity index (χ1) is 7.72. The fourth-order valence-corrected chi connectivity index (χ4v) is 4.74. The van der Waals surface area contributed by atoms with Gasteiger partial charge in [-0.1, -0.05) is 6.92 Å². The zero-order chi connectivity index (χ0) is 11.1. The van der Waals surface area contributed by atoms with Gasteiger partial charge in [-0.05, 0) is 25.8 Å². The first-order valence-corrected chi connectivity index (χ1v) is 7.31. The Bertz CT molecular complexity index is 256. The van der Waals surface area contributed by atoms with Gasteiger partial charge in [0, 0.05) is 18.1 Å². The molecule has 1 N–H and O–H groups in total. The monoisotopic (exact) mass is 243 g/mol. The predicted octanol–water partition coefficient (Wildman–Crippen LogP) is 2.11. The second-order valence-corrected chi connectivity index (χ2v) is 7.07. The maximum absolute atomic E-state index is 5.78. The molecule has 0 bridgehead atoms. The largest absolute Gasteiger partial charge is 0.348 e. The van der Waals surface area contributed by atoms with E-state index in [-0.39, 0.29) is 5.79 Å². The molecule has 2 heterocycles. The summed E-state index contributed by atoms with van der Waals surface area (Å²) in [5.41, 5.74) is 0. The Labute approximate surface area is 102 Å². The number of thioether (sulfide) groups is 1. The third kappa shape index (κ3) is 2.01. The van der Waals surface area contributed by atoms with Crippen molar-refractivity contribution in [1.29, 1.82) is 0 Å². The summed E-state index contributed by atoms with van der Waals surface area (Å²) in [7, 11) is 0. The fraction of sp³-hybridized carbons (Fsp3) is 1.00. The van der Waals surface area contributed by atoms with E-state index < -0.39 is 0 Å². The molecule has 2 saturated heterocycles. The second-order valence-electron chi connectivity index (χ2n) is 5.25. The predicted molar refractivity (Wildman–Crippen MR) is 65.5 cm³/mol. The van der Waals surface area contributed by atoms with Crippen molar-refractivity contribution in [3.8, 4) is 0 Å². The Morgan fingerprint density at radius 3 is 2.44 bits per heavy atom. The molecule has 0 aromatic carbocycles. The Hall–Kier alpha value is 0.230. The molecule has 92 valence electrons. The lowest BCUT2D eigenvalue weighted by Gasteiger charge is -2.47. The van der Waals surface area contributed by atoms with E-state index in [0.717, 1.165) is 31.3 Å². The summed E-state index contributed by atoms with van der Waals surface area (Å²) in [6.45, 7) is 5.08. The van der Waals surface area contributed by atoms with Crippen LogP contribution in [0.3, 0.4) is 0 Å². The molecule has 3 nitrogen and oxygen atoms in total. The SMILES string of the molecule is CC1CCNC2(CCC3(CC2)OCCO3)S1. The molecule has 0 aromatic heterocycles. The molecule has 0 radical (unpaired) electrons. The van der Waals surface area contributed by atoms with Crippen molar-refractivity contribution in [2.75, 3.05) is 19.8 Å². The van der Waals surface area contributed by atoms with Gasteiger partial charge in [0.2, 0.25) is 0 Å². The van der Waals surface area contributed by atoms with Crippen LogP contribution in [0.1, 0.15) is 39.0 Å². The standard InChI is InChI=1S/C12H21NO2S/c1-10-2-7-13-11(16-10)3-5-12(6-4-11)14-8-9-15-12/h10,13H,2-9H2,1H3. The maximum Gasteiger partial charge on any atom is 0.168 e. The van der Waals surface area contributed by atoms with Gasteiger partial charge in [0.15, 0.2) is 5.79 Å². The van der Waals surface area contributed by atoms with Gasteiger partial charge in [-0.2, -0.15) is 0 Å². The van der Waals surface area contributed by atoms with Crippen molar-refractivity contribution in [1.82, 2.24) is 5.32 Å². The molecule has 4 heteroatoms. The van der Waals surface area contributed by atoms with Crippen molar-refractivity contribution >= 4 is 11.8 Å². The Morgan fingerprint density at radius 2 is 1.81 bits per heavy atom. The molecule has 1 unspecified atom stereocenters. The van der Waals surface area contributed by atoms with Gasteiger partial charge < -0.3 is 14.8 Å². The lowest BCUT2D eigenvalue weighted by molar-refractivity contribution is -0.181. The molecule has 1 atom stereocenters. The zero-order valence-electron chi connectivity index (χ0n) is 9.96. The third-order valence-electron chi connectivity index (χ3n) is 4.06. The van der Waals surface area contributed by atoms with Crippen LogP contribution < -0.4 is 5.32 Å². The minimum absolute atomic E-state index is 0.214. The molecular formula is C12H21NO2S. The molecule has 1 aliphatic carbocycles. The second kappa shape index (κ2) is 4.16. The maximum atomic E-state index is 5.78. The van der Waals surface area contributed by atoms with Gasteiger partial charge in [-0.25, -0.2) is 0 Å². The smallest absolute Gasteiger partial charge is 0.168 e. The lowest BCUT2D eigenvalue weighted by atomic mass is 9.89. The Kier molecular flexibility index (Phi) is 2.94. The number of hydrogen-bond acceptors (Lipinski definition) is 4. The highest BCUT2D eigenvalue weighted by molar-refractivity contribution is 8.01. The van der Waals surface area contributed by atoms with Crippen LogP contribution in [0, 0.1) is 0 Å². The van der Waals surface area contributed by atoms with Crippen LogP contribution in [-0.4, -0.2) is 35.7 Å². The quantitative estimate of drug-likeness (QED) is 0.706. The molecular weight excluding hydrogens is 222 g/mol. The number of nitrogens with one attached hydrogen (secondary N) is 1. The van der Waals surface area contributed by atoms with E-state index in [0.29, 0.717) is 4.87 Å². The molecule has 3 aliphatic rings. The normalized spacial score (nSPS) is 36.9. The third-order valence-corrected chi connectivity index (χ3v) is 5.70. The van der Waals surface area contributed by atoms with E-state index in [9.17, 15) is 0 Å². The van der Waals surface area contributed by atoms with Crippen LogP contribution >= 0.6 is 11.8 Å². The average molecular weight is 243 g/mol. The molecule has 0 aromatic rings. The number of hydrogen-bond donors (Lipinski definition) is 1. The van der Waals surface area contributed by atoms with Gasteiger partial charge >= 0.3 is 0 Å². The Balaban J connectivity index is 1.64. The molecule has 2 aliphatic heterocycles. The van der Waals surface area contributed by atoms with Crippen molar-refractivity contribution < 1.29 is 9.47 Å². The molecule has 3 fully saturated rings. The number of rotatable bonds is 0. The van der Waals surface area contributed by atoms with Crippen LogP contribution in [0.15, 0.2) is 0 Å². The van der Waals surface area contributed by atoms with E-state index in [1.54, 1.807) is 0 Å². The van der Waals surface area contributed by atoms with Crippen molar-refractivity contribution in [2.24, 2.45) is 0 Å². The average Bonchev–Trinajstić information content (AvgIpc) is 2.73. The molecule has 1 saturated carbocycles. The summed E-state index contributed by atoms with van der Waals surface area (Å²) in [5, 5.41) is 4.52. The highest BCUT2D eigenvalue weighted by atomic mass is 32.2. The molecule has 16 heavy (non-hydrogen) atoms. The van der Waals surface area contributed by atoms with Gasteiger partial charge in [0.25, 0.3) is 0 Å². The summed E-state index contributed by atoms with van der Waals surface area (Å²) in [5.74, 6) is -0.214. The molecule has 0 amide bonds. The zero-order valence-corrected chi connectivity index (χ0v) is 10.8. The van der Waals surface area contributed by atoms with Gasteiger partial charge in [-0.15, -0.1) is 11.8 Å². The van der Waals surface area contributed by atoms with Gasteiger partial charge in [0.05, 0.1) is 18.1 Å². The minimum Gasteiger partial charge on any atom is -0.348 e. The van der Waals surface area contributed by atoms with Crippen molar-refractivity contribution in [3.63, 3.8) is 0 Å². The van der Waals surface area contributed by atoms with Crippen LogP contribution in [0.5, 0.6) is 0 Å². The van der Waals surface area contributed by atoms with E-state index >= 15 is 0 Å². The number of ether oxygens (including phenoxy) is 2. The summed E-state index contributed by atoms with van der Waals surface area (Å²) in [6.07, 6.45) is 5.77. The van der Waals surface area contributed by atoms with Crippen LogP contribution in [0.4, 0.5) is 0 Å². The highest BCUT2D eigenvalue weighted by Crippen LogP contribution is 2.47. The van der Waals surface area contributed by atoms with E-state index in [1.807, 2.05) is 0 Å². The van der Waals surface area contributed by atoms with Gasteiger partial charge in [-0.3, -0.25) is 0 Å². The molecule has 2 spiro atoms. The first-order valence-electron chi connectivity index (χ1n) is 6.43. The van der Waals surface area contributed by atoms with Crippen molar-refractivity contribution in [3.05, 3.63) is 0 Å². The first kappa shape index (κ1) is 11.3. The fourth-order valence-electron chi connectivity index (χ4n) is 3.10. The highest BCUT2D eigenvalue weighted by Gasteiger charge is 2.47. The van der Waals surface area contributed by atoms with E-state index in [4.69, 9.17) is 9.47 Å². The van der Waals surface area contributed by atoms with E-state index in [2.05, 4.69) is 24.0 Å². The lowest BCUT2D eigenvalue weighted by Crippen LogP contribution is -2.53. The van der Waals surface area contributed by atoms with Crippen LogP contribution in [0.2, 0.25) is 0 Å². The van der Waals surface area contributed by atoms with Crippen LogP contribution in [-0.2, 0) is 9.47 Å². The molecule has 3 rings (SSSR count). The Morgan fingerprint density at radius 1 is 1.12 bits per heavy atom. The summed E-state index contributed by atoms with van der Waals surface area (Å²) < 4.78 is 11.6. The van der Waals surface area contributed by atoms with Crippen LogP contribution in [0.25, 0.3) is 0 Å². The van der Waals surface area contributed by atoms with Crippen molar-refractivity contribution in [2.45, 2.75) is 54.9 Å². The minimum atomic E-state index is -0.214.